The molecule has 0 spiro atoms. The first kappa shape index (κ1) is 32.9. The van der Waals surface area contributed by atoms with Gasteiger partial charge in [-0.15, -0.1) is 0 Å². The number of hydrogen-bond acceptors (Lipinski definition) is 7. The molecule has 0 radical (unpaired) electrons. The van der Waals surface area contributed by atoms with E-state index in [1.807, 2.05) is 54.7 Å². The summed E-state index contributed by atoms with van der Waals surface area (Å²) >= 11 is 4.49. The number of nitrogens with two attached hydrogens (primary N) is 1. The number of unbranched alkanes of at least 4 members (excludes halogenated alkanes) is 1. The standard InChI is InChI=1S/C24H29N3O4S2.C2HF3O2/c1-33(29)12-6-5-11-26-24(32)31-19-9-10-22-20(14-19)18(15-27-22)13-21(25)23(28)30-16-17-7-3-2-4-8-17;3-2(4,5)1(6)7/h2-4,7-10,14-15,21,27H,5-6,11-13,16,25H2,1H3,(H,26,32);(H,6,7). The summed E-state index contributed by atoms with van der Waals surface area (Å²) in [6.45, 7) is 0.855. The first-order valence-corrected chi connectivity index (χ1v) is 14.1. The van der Waals surface area contributed by atoms with Gasteiger partial charge in [-0.1, -0.05) is 41.5 Å². The van der Waals surface area contributed by atoms with E-state index in [9.17, 15) is 22.5 Å². The maximum atomic E-state index is 12.4. The van der Waals surface area contributed by atoms with Crippen LogP contribution in [0.15, 0.2) is 54.7 Å². The van der Waals surface area contributed by atoms with Gasteiger partial charge in [-0.05, 0) is 54.4 Å². The van der Waals surface area contributed by atoms with Crippen molar-refractivity contribution in [1.82, 2.24) is 10.3 Å². The van der Waals surface area contributed by atoms with Crippen molar-refractivity contribution < 1.29 is 41.9 Å². The molecule has 0 fully saturated rings. The van der Waals surface area contributed by atoms with Crippen LogP contribution < -0.4 is 15.8 Å². The molecule has 5 N–H and O–H groups in total. The number of halogens is 3. The first-order chi connectivity index (χ1) is 18.9. The van der Waals surface area contributed by atoms with Crippen molar-refractivity contribution in [2.75, 3.05) is 18.6 Å². The number of thiocarbonyl (C=S) groups is 1. The maximum absolute atomic E-state index is 12.4. The van der Waals surface area contributed by atoms with E-state index in [4.69, 9.17) is 37.3 Å². The van der Waals surface area contributed by atoms with E-state index in [1.165, 1.54) is 0 Å². The molecule has 3 aromatic rings. The number of carboxylic acid groups (broad SMARTS) is 1. The highest BCUT2D eigenvalue weighted by molar-refractivity contribution is 7.90. The van der Waals surface area contributed by atoms with Crippen LogP contribution in [0.25, 0.3) is 10.9 Å². The number of alkyl halides is 3. The molecule has 0 saturated carbocycles. The molecule has 40 heavy (non-hydrogen) atoms. The number of nitrogens with one attached hydrogen (secondary N) is 2. The van der Waals surface area contributed by atoms with Crippen molar-refractivity contribution in [3.8, 4) is 5.75 Å². The van der Waals surface area contributed by atoms with Gasteiger partial charge in [0, 0.05) is 30.1 Å². The van der Waals surface area contributed by atoms with Crippen LogP contribution in [0.3, 0.4) is 0 Å². The van der Waals surface area contributed by atoms with Crippen LogP contribution >= 0.6 is 12.2 Å². The van der Waals surface area contributed by atoms with Gasteiger partial charge in [0.1, 0.15) is 24.2 Å². The number of benzene rings is 2. The van der Waals surface area contributed by atoms with E-state index in [-0.39, 0.29) is 11.8 Å². The van der Waals surface area contributed by atoms with Gasteiger partial charge in [0.25, 0.3) is 5.17 Å². The average Bonchev–Trinajstić information content (AvgIpc) is 3.29. The predicted octanol–water partition coefficient (Wildman–Crippen LogP) is 3.83. The molecule has 3 rings (SSSR count). The second kappa shape index (κ2) is 16.1. The molecule has 0 bridgehead atoms. The average molecular weight is 602 g/mol. The van der Waals surface area contributed by atoms with Gasteiger partial charge in [-0.25, -0.2) is 4.79 Å². The van der Waals surface area contributed by atoms with E-state index >= 15 is 0 Å². The number of carboxylic acids is 1. The summed E-state index contributed by atoms with van der Waals surface area (Å²) in [6.07, 6.45) is 0.520. The Morgan fingerprint density at radius 2 is 1.88 bits per heavy atom. The third kappa shape index (κ3) is 11.8. The zero-order chi connectivity index (χ0) is 29.7. The van der Waals surface area contributed by atoms with Crippen LogP contribution in [0.2, 0.25) is 0 Å². The largest absolute Gasteiger partial charge is 0.617 e. The fourth-order valence-corrected chi connectivity index (χ4v) is 4.12. The molecule has 0 aliphatic carbocycles. The molecular formula is C26H30F3N3O6S2. The Labute approximate surface area is 237 Å². The van der Waals surface area contributed by atoms with E-state index in [0.29, 0.717) is 24.5 Å². The van der Waals surface area contributed by atoms with E-state index < -0.39 is 35.3 Å². The Morgan fingerprint density at radius 3 is 2.50 bits per heavy atom. The van der Waals surface area contributed by atoms with Gasteiger partial charge in [0.05, 0.1) is 6.26 Å². The maximum Gasteiger partial charge on any atom is 0.490 e. The van der Waals surface area contributed by atoms with Crippen LogP contribution in [-0.4, -0.2) is 62.5 Å². The van der Waals surface area contributed by atoms with Gasteiger partial charge in [-0.3, -0.25) is 4.79 Å². The number of esters is 1. The molecule has 218 valence electrons. The quantitative estimate of drug-likeness (QED) is 0.111. The van der Waals surface area contributed by atoms with E-state index in [1.54, 1.807) is 6.26 Å². The number of ether oxygens (including phenoxy) is 2. The Morgan fingerprint density at radius 1 is 1.20 bits per heavy atom. The second-order valence-electron chi connectivity index (χ2n) is 8.53. The predicted molar refractivity (Wildman–Crippen MR) is 149 cm³/mol. The molecule has 2 unspecified atom stereocenters. The lowest BCUT2D eigenvalue weighted by molar-refractivity contribution is -0.192. The molecule has 0 amide bonds. The molecule has 1 aromatic heterocycles. The van der Waals surface area contributed by atoms with Crippen LogP contribution in [0.1, 0.15) is 24.0 Å². The van der Waals surface area contributed by atoms with Crippen LogP contribution in [0.4, 0.5) is 13.2 Å². The molecule has 0 aliphatic heterocycles. The Hall–Kier alpha value is -3.33. The zero-order valence-corrected chi connectivity index (χ0v) is 23.2. The lowest BCUT2D eigenvalue weighted by Crippen LogP contribution is -2.34. The van der Waals surface area contributed by atoms with E-state index in [2.05, 4.69) is 10.3 Å². The minimum absolute atomic E-state index is 0.194. The number of rotatable bonds is 11. The van der Waals surface area contributed by atoms with Crippen molar-refractivity contribution in [3.63, 3.8) is 0 Å². The smallest absolute Gasteiger partial charge is 0.490 e. The summed E-state index contributed by atoms with van der Waals surface area (Å²) in [7, 11) is 0. The minimum Gasteiger partial charge on any atom is -0.617 e. The number of carbonyl (C=O) groups excluding carboxylic acids is 1. The number of aliphatic carboxylic acids is 1. The molecule has 0 aliphatic rings. The van der Waals surface area contributed by atoms with E-state index in [0.717, 1.165) is 34.9 Å². The van der Waals surface area contributed by atoms with Crippen molar-refractivity contribution in [2.45, 2.75) is 38.1 Å². The first-order valence-electron chi connectivity index (χ1n) is 12.0. The summed E-state index contributed by atoms with van der Waals surface area (Å²) in [4.78, 5) is 24.4. The molecule has 9 nitrogen and oxygen atoms in total. The van der Waals surface area contributed by atoms with Gasteiger partial charge in [0.2, 0.25) is 0 Å². The topological polar surface area (TPSA) is 150 Å². The lowest BCUT2D eigenvalue weighted by atomic mass is 10.1. The minimum atomic E-state index is -5.08. The summed E-state index contributed by atoms with van der Waals surface area (Å²) in [5.74, 6) is -1.93. The van der Waals surface area contributed by atoms with Crippen LogP contribution in [0.5, 0.6) is 5.75 Å². The van der Waals surface area contributed by atoms with Crippen molar-refractivity contribution in [2.24, 2.45) is 5.73 Å². The van der Waals surface area contributed by atoms with Crippen molar-refractivity contribution in [1.29, 1.82) is 0 Å². The Kier molecular flexibility index (Phi) is 13.2. The molecule has 0 saturated heterocycles. The normalized spacial score (nSPS) is 12.6. The Balaban J connectivity index is 0.000000708. The van der Waals surface area contributed by atoms with Crippen molar-refractivity contribution >= 4 is 51.4 Å². The highest BCUT2D eigenvalue weighted by Crippen LogP contribution is 2.25. The fraction of sp³-hybridized carbons (Fsp3) is 0.346. The summed E-state index contributed by atoms with van der Waals surface area (Å²) < 4.78 is 53.9. The number of aromatic nitrogens is 1. The number of carbonyl (C=O) groups is 2. The monoisotopic (exact) mass is 601 g/mol. The second-order valence-corrected chi connectivity index (χ2v) is 10.5. The van der Waals surface area contributed by atoms with Gasteiger partial charge in [-0.2, -0.15) is 13.2 Å². The molecule has 14 heteroatoms. The number of fused-ring (bicyclic) bond motifs is 1. The number of H-pyrrole nitrogens is 1. The van der Waals surface area contributed by atoms with Gasteiger partial charge >= 0.3 is 18.1 Å². The summed E-state index contributed by atoms with van der Waals surface area (Å²) in [5, 5.41) is 11.4. The van der Waals surface area contributed by atoms with Crippen molar-refractivity contribution in [3.05, 3.63) is 65.9 Å². The van der Waals surface area contributed by atoms with Gasteiger partial charge < -0.3 is 35.2 Å². The zero-order valence-electron chi connectivity index (χ0n) is 21.5. The van der Waals surface area contributed by atoms with Crippen LogP contribution in [-0.2, 0) is 38.5 Å². The summed E-state index contributed by atoms with van der Waals surface area (Å²) in [6, 6.07) is 14.3. The van der Waals surface area contributed by atoms with Gasteiger partial charge in [0.15, 0.2) is 0 Å². The Bertz CT molecular complexity index is 1260. The SMILES string of the molecule is C[S+]([O-])CCCCNC(=S)Oc1ccc2[nH]cc(CC(N)C(=O)OCc3ccccc3)c2c1.O=C(O)C(F)(F)F. The molecular weight excluding hydrogens is 571 g/mol. The third-order valence-electron chi connectivity index (χ3n) is 5.29. The highest BCUT2D eigenvalue weighted by atomic mass is 32.2. The molecule has 2 atom stereocenters. The number of aromatic amines is 1. The third-order valence-corrected chi connectivity index (χ3v) is 6.38. The van der Waals surface area contributed by atoms with Crippen LogP contribution in [0, 0.1) is 0 Å². The summed E-state index contributed by atoms with van der Waals surface area (Å²) in [5.41, 5.74) is 8.83. The fourth-order valence-electron chi connectivity index (χ4n) is 3.31. The molecule has 2 aromatic carbocycles. The number of hydrogen-bond donors (Lipinski definition) is 4. The highest BCUT2D eigenvalue weighted by Gasteiger charge is 2.38. The molecule has 1 heterocycles. The lowest BCUT2D eigenvalue weighted by Gasteiger charge is -2.12.